The molecule has 3 aromatic rings. The summed E-state index contributed by atoms with van der Waals surface area (Å²) in [6.07, 6.45) is 3.01. The molecular formula is C16H12BrFN4O. The normalized spacial score (nSPS) is 11.3. The van der Waals surface area contributed by atoms with Gasteiger partial charge in [-0.1, -0.05) is 22.0 Å². The van der Waals surface area contributed by atoms with E-state index in [4.69, 9.17) is 0 Å². The van der Waals surface area contributed by atoms with Crippen LogP contribution in [0.25, 0.3) is 5.65 Å². The van der Waals surface area contributed by atoms with Gasteiger partial charge in [0.1, 0.15) is 17.2 Å². The van der Waals surface area contributed by atoms with Gasteiger partial charge in [0.05, 0.1) is 11.9 Å². The molecule has 0 spiro atoms. The summed E-state index contributed by atoms with van der Waals surface area (Å²) in [6.45, 7) is 1.75. The van der Waals surface area contributed by atoms with Gasteiger partial charge >= 0.3 is 0 Å². The molecule has 0 aliphatic carbocycles. The first kappa shape index (κ1) is 15.4. The van der Waals surface area contributed by atoms with Crippen molar-refractivity contribution in [1.29, 1.82) is 0 Å². The highest BCUT2D eigenvalue weighted by Gasteiger charge is 2.15. The molecule has 1 aromatic carbocycles. The zero-order chi connectivity index (χ0) is 16.4. The van der Waals surface area contributed by atoms with E-state index in [0.717, 1.165) is 4.47 Å². The number of nitrogens with zero attached hydrogens (tertiary/aromatic N) is 3. The Bertz CT molecular complexity index is 920. The number of fused-ring (bicyclic) bond motifs is 1. The van der Waals surface area contributed by atoms with Gasteiger partial charge in [-0.15, -0.1) is 0 Å². The highest BCUT2D eigenvalue weighted by atomic mass is 79.9. The lowest BCUT2D eigenvalue weighted by molar-refractivity contribution is 0.0948. The van der Waals surface area contributed by atoms with Crippen LogP contribution in [0.4, 0.5) is 4.39 Å². The zero-order valence-corrected chi connectivity index (χ0v) is 13.7. The number of halogens is 2. The van der Waals surface area contributed by atoms with Gasteiger partial charge in [0.25, 0.3) is 5.91 Å². The lowest BCUT2D eigenvalue weighted by Gasteiger charge is -2.02. The molecule has 0 atom stereocenters. The van der Waals surface area contributed by atoms with Gasteiger partial charge in [-0.25, -0.2) is 14.8 Å². The lowest BCUT2D eigenvalue weighted by atomic mass is 10.2. The van der Waals surface area contributed by atoms with Crippen molar-refractivity contribution >= 4 is 33.7 Å². The average molecular weight is 375 g/mol. The number of nitrogens with one attached hydrogen (secondary N) is 1. The number of aryl methyl sites for hydroxylation is 1. The summed E-state index contributed by atoms with van der Waals surface area (Å²) in [7, 11) is 0. The van der Waals surface area contributed by atoms with E-state index < -0.39 is 11.7 Å². The molecule has 2 aromatic heterocycles. The number of hydrogen-bond donors (Lipinski definition) is 1. The minimum atomic E-state index is -0.419. The fourth-order valence-electron chi connectivity index (χ4n) is 2.21. The molecule has 2 heterocycles. The van der Waals surface area contributed by atoms with E-state index in [-0.39, 0.29) is 5.56 Å². The van der Waals surface area contributed by atoms with E-state index >= 15 is 0 Å². The summed E-state index contributed by atoms with van der Waals surface area (Å²) >= 11 is 3.26. The van der Waals surface area contributed by atoms with Crippen LogP contribution in [0.3, 0.4) is 0 Å². The summed E-state index contributed by atoms with van der Waals surface area (Å²) in [6, 6.07) is 9.95. The third-order valence-corrected chi connectivity index (χ3v) is 3.74. The van der Waals surface area contributed by atoms with E-state index in [1.165, 1.54) is 12.3 Å². The van der Waals surface area contributed by atoms with E-state index in [1.807, 2.05) is 18.2 Å². The number of hydrogen-bond acceptors (Lipinski definition) is 3. The molecule has 0 unspecified atom stereocenters. The Labute approximate surface area is 140 Å². The Kier molecular flexibility index (Phi) is 4.20. The molecule has 0 saturated carbocycles. The fourth-order valence-corrected chi connectivity index (χ4v) is 2.59. The monoisotopic (exact) mass is 374 g/mol. The average Bonchev–Trinajstić information content (AvgIpc) is 2.86. The van der Waals surface area contributed by atoms with Crippen molar-refractivity contribution in [2.45, 2.75) is 6.92 Å². The van der Waals surface area contributed by atoms with Gasteiger partial charge in [-0.2, -0.15) is 5.10 Å². The van der Waals surface area contributed by atoms with Crippen LogP contribution in [-0.4, -0.2) is 21.5 Å². The number of rotatable bonds is 3. The number of aromatic nitrogens is 2. The highest BCUT2D eigenvalue weighted by molar-refractivity contribution is 9.10. The first-order valence-electron chi connectivity index (χ1n) is 6.78. The maximum Gasteiger partial charge on any atom is 0.290 e. The molecule has 0 saturated heterocycles. The molecule has 0 aliphatic rings. The molecule has 23 heavy (non-hydrogen) atoms. The summed E-state index contributed by atoms with van der Waals surface area (Å²) in [5.74, 6) is -0.829. The maximum absolute atomic E-state index is 13.6. The molecule has 7 heteroatoms. The van der Waals surface area contributed by atoms with E-state index in [9.17, 15) is 9.18 Å². The summed E-state index contributed by atoms with van der Waals surface area (Å²) in [5, 5.41) is 3.82. The van der Waals surface area contributed by atoms with Crippen molar-refractivity contribution in [2.75, 3.05) is 0 Å². The largest absolute Gasteiger partial charge is 0.295 e. The molecular weight excluding hydrogens is 363 g/mol. The van der Waals surface area contributed by atoms with Gasteiger partial charge in [0.2, 0.25) is 0 Å². The number of imidazole rings is 1. The third kappa shape index (κ3) is 3.14. The number of amides is 1. The van der Waals surface area contributed by atoms with E-state index in [1.54, 1.807) is 29.7 Å². The molecule has 0 radical (unpaired) electrons. The zero-order valence-electron chi connectivity index (χ0n) is 12.1. The van der Waals surface area contributed by atoms with Crippen LogP contribution in [0, 0.1) is 12.7 Å². The Morgan fingerprint density at radius 3 is 3.04 bits per heavy atom. The Morgan fingerprint density at radius 2 is 2.22 bits per heavy atom. The van der Waals surface area contributed by atoms with Crippen molar-refractivity contribution in [3.05, 3.63) is 69.8 Å². The van der Waals surface area contributed by atoms with Gasteiger partial charge in [-0.3, -0.25) is 9.20 Å². The van der Waals surface area contributed by atoms with Gasteiger partial charge < -0.3 is 0 Å². The second-order valence-electron chi connectivity index (χ2n) is 4.84. The summed E-state index contributed by atoms with van der Waals surface area (Å²) in [5.41, 5.74) is 4.34. The number of carbonyl (C=O) groups is 1. The topological polar surface area (TPSA) is 58.8 Å². The first-order valence-corrected chi connectivity index (χ1v) is 7.57. The maximum atomic E-state index is 13.6. The molecule has 1 N–H and O–H groups in total. The molecule has 116 valence electrons. The molecule has 0 fully saturated rings. The fraction of sp³-hybridized carbons (Fsp3) is 0.0625. The second-order valence-corrected chi connectivity index (χ2v) is 5.76. The minimum absolute atomic E-state index is 0.273. The van der Waals surface area contributed by atoms with Crippen LogP contribution in [-0.2, 0) is 0 Å². The van der Waals surface area contributed by atoms with Crippen LogP contribution >= 0.6 is 15.9 Å². The summed E-state index contributed by atoms with van der Waals surface area (Å²) < 4.78 is 16.0. The van der Waals surface area contributed by atoms with Gasteiger partial charge in [0.15, 0.2) is 0 Å². The smallest absolute Gasteiger partial charge is 0.290 e. The Morgan fingerprint density at radius 1 is 1.39 bits per heavy atom. The number of benzene rings is 1. The number of carbonyl (C=O) groups excluding carboxylic acids is 1. The van der Waals surface area contributed by atoms with Crippen LogP contribution < -0.4 is 5.43 Å². The van der Waals surface area contributed by atoms with E-state index in [2.05, 4.69) is 31.4 Å². The summed E-state index contributed by atoms with van der Waals surface area (Å²) in [4.78, 5) is 16.6. The van der Waals surface area contributed by atoms with Crippen molar-refractivity contribution in [3.8, 4) is 0 Å². The van der Waals surface area contributed by atoms with Crippen molar-refractivity contribution in [2.24, 2.45) is 5.10 Å². The standard InChI is InChI=1S/C16H12BrFN4O/c1-10-15(22-7-3-2-4-14(22)20-10)16(23)21-19-9-11-8-12(17)5-6-13(11)18/h2-9H,1H3,(H,21,23)/b19-9+. The lowest BCUT2D eigenvalue weighted by Crippen LogP contribution is -2.20. The van der Waals surface area contributed by atoms with Crippen molar-refractivity contribution in [3.63, 3.8) is 0 Å². The van der Waals surface area contributed by atoms with Gasteiger partial charge in [0, 0.05) is 16.2 Å². The predicted molar refractivity (Wildman–Crippen MR) is 89.1 cm³/mol. The third-order valence-electron chi connectivity index (χ3n) is 3.25. The van der Waals surface area contributed by atoms with Crippen LogP contribution in [0.5, 0.6) is 0 Å². The first-order chi connectivity index (χ1) is 11.1. The van der Waals surface area contributed by atoms with Crippen LogP contribution in [0.15, 0.2) is 52.2 Å². The number of hydrazone groups is 1. The molecule has 3 rings (SSSR count). The molecule has 0 bridgehead atoms. The molecule has 0 aliphatic heterocycles. The quantitative estimate of drug-likeness (QED) is 0.564. The van der Waals surface area contributed by atoms with Crippen molar-refractivity contribution < 1.29 is 9.18 Å². The van der Waals surface area contributed by atoms with Gasteiger partial charge in [-0.05, 0) is 37.3 Å². The molecule has 5 nitrogen and oxygen atoms in total. The van der Waals surface area contributed by atoms with E-state index in [0.29, 0.717) is 17.0 Å². The minimum Gasteiger partial charge on any atom is -0.295 e. The predicted octanol–water partition coefficient (Wildman–Crippen LogP) is 3.31. The second kappa shape index (κ2) is 6.29. The van der Waals surface area contributed by atoms with Crippen LogP contribution in [0.1, 0.15) is 21.7 Å². The molecule has 1 amide bonds. The Hall–Kier alpha value is -2.54. The van der Waals surface area contributed by atoms with Crippen molar-refractivity contribution in [1.82, 2.24) is 14.8 Å². The Balaban J connectivity index is 1.83. The van der Waals surface area contributed by atoms with Crippen LogP contribution in [0.2, 0.25) is 0 Å². The number of pyridine rings is 1. The highest BCUT2D eigenvalue weighted by Crippen LogP contribution is 2.14. The SMILES string of the molecule is Cc1nc2ccccn2c1C(=O)N/N=C/c1cc(Br)ccc1F.